The molecule has 6 heteroatoms. The van der Waals surface area contributed by atoms with E-state index >= 15 is 0 Å². The fourth-order valence-electron chi connectivity index (χ4n) is 2.75. The Morgan fingerprint density at radius 3 is 2.52 bits per heavy atom. The third-order valence-corrected chi connectivity index (χ3v) is 4.01. The van der Waals surface area contributed by atoms with Crippen LogP contribution in [0.5, 0.6) is 0 Å². The zero-order valence-corrected chi connectivity index (χ0v) is 12.7. The van der Waals surface area contributed by atoms with E-state index < -0.39 is 16.7 Å². The molecule has 0 aromatic heterocycles. The van der Waals surface area contributed by atoms with Gasteiger partial charge in [-0.3, -0.25) is 24.6 Å². The molecule has 0 fully saturated rings. The summed E-state index contributed by atoms with van der Waals surface area (Å²) < 4.78 is 0. The summed E-state index contributed by atoms with van der Waals surface area (Å²) in [6.45, 7) is 3.93. The van der Waals surface area contributed by atoms with Gasteiger partial charge in [-0.15, -0.1) is 0 Å². The lowest BCUT2D eigenvalue weighted by molar-refractivity contribution is -0.385. The lowest BCUT2D eigenvalue weighted by atomic mass is 10.1. The number of carbonyl (C=O) groups is 2. The second-order valence-corrected chi connectivity index (χ2v) is 5.58. The topological polar surface area (TPSA) is 80.5 Å². The van der Waals surface area contributed by atoms with Crippen LogP contribution in [0, 0.1) is 24.0 Å². The van der Waals surface area contributed by atoms with Crippen LogP contribution in [0.4, 0.5) is 5.69 Å². The maximum atomic E-state index is 12.5. The van der Waals surface area contributed by atoms with Gasteiger partial charge in [0.2, 0.25) is 0 Å². The van der Waals surface area contributed by atoms with E-state index in [-0.39, 0.29) is 23.4 Å². The number of rotatable bonds is 3. The lowest BCUT2D eigenvalue weighted by Crippen LogP contribution is -2.29. The molecule has 6 nitrogen and oxygen atoms in total. The van der Waals surface area contributed by atoms with Crippen LogP contribution in [0.1, 0.15) is 37.4 Å². The highest BCUT2D eigenvalue weighted by atomic mass is 16.6. The van der Waals surface area contributed by atoms with E-state index in [0.29, 0.717) is 0 Å². The number of aryl methyl sites for hydroxylation is 2. The van der Waals surface area contributed by atoms with E-state index in [1.807, 2.05) is 32.0 Å². The van der Waals surface area contributed by atoms with Gasteiger partial charge in [-0.1, -0.05) is 29.8 Å². The lowest BCUT2D eigenvalue weighted by Gasteiger charge is -2.16. The Balaban J connectivity index is 2.02. The molecule has 2 aromatic rings. The molecule has 23 heavy (non-hydrogen) atoms. The smallest absolute Gasteiger partial charge is 0.270 e. The quantitative estimate of drug-likeness (QED) is 0.496. The summed E-state index contributed by atoms with van der Waals surface area (Å²) in [5, 5.41) is 11.1. The summed E-state index contributed by atoms with van der Waals surface area (Å²) in [6, 6.07) is 9.89. The van der Waals surface area contributed by atoms with Crippen molar-refractivity contribution in [2.24, 2.45) is 0 Å². The van der Waals surface area contributed by atoms with Crippen LogP contribution in [0.25, 0.3) is 0 Å². The minimum atomic E-state index is -0.634. The van der Waals surface area contributed by atoms with E-state index in [0.717, 1.165) is 21.6 Å². The first-order valence-electron chi connectivity index (χ1n) is 7.10. The summed E-state index contributed by atoms with van der Waals surface area (Å²) >= 11 is 0. The number of nitrogens with zero attached hydrogens (tertiary/aromatic N) is 2. The summed E-state index contributed by atoms with van der Waals surface area (Å²) in [5.74, 6) is -1.10. The van der Waals surface area contributed by atoms with Crippen LogP contribution in [-0.2, 0) is 6.54 Å². The largest absolute Gasteiger partial charge is 0.282 e. The van der Waals surface area contributed by atoms with Crippen molar-refractivity contribution in [3.63, 3.8) is 0 Å². The molecular weight excluding hydrogens is 296 g/mol. The van der Waals surface area contributed by atoms with Crippen molar-refractivity contribution >= 4 is 17.5 Å². The van der Waals surface area contributed by atoms with Crippen molar-refractivity contribution in [3.05, 3.63) is 74.3 Å². The second kappa shape index (κ2) is 5.31. The van der Waals surface area contributed by atoms with Crippen molar-refractivity contribution in [2.45, 2.75) is 20.4 Å². The summed E-state index contributed by atoms with van der Waals surface area (Å²) in [7, 11) is 0. The predicted molar refractivity (Wildman–Crippen MR) is 83.2 cm³/mol. The average molecular weight is 310 g/mol. The molecule has 116 valence electrons. The standard InChI is InChI=1S/C17H14N2O4/c1-10-6-7-11(2)12(8-10)9-18-16(20)13-4-3-5-14(19(22)23)15(13)17(18)21/h3-8H,9H2,1-2H3. The normalized spacial score (nSPS) is 13.4. The van der Waals surface area contributed by atoms with Gasteiger partial charge in [0, 0.05) is 6.07 Å². The molecule has 1 heterocycles. The Morgan fingerprint density at radius 1 is 1.09 bits per heavy atom. The molecule has 2 aromatic carbocycles. The van der Waals surface area contributed by atoms with Gasteiger partial charge >= 0.3 is 0 Å². The van der Waals surface area contributed by atoms with Crippen molar-refractivity contribution in [1.29, 1.82) is 0 Å². The van der Waals surface area contributed by atoms with Crippen molar-refractivity contribution in [1.82, 2.24) is 4.90 Å². The number of fused-ring (bicyclic) bond motifs is 1. The highest BCUT2D eigenvalue weighted by Gasteiger charge is 2.40. The molecule has 0 aliphatic carbocycles. The van der Waals surface area contributed by atoms with Crippen molar-refractivity contribution in [3.8, 4) is 0 Å². The Bertz CT molecular complexity index is 858. The van der Waals surface area contributed by atoms with E-state index in [9.17, 15) is 19.7 Å². The third-order valence-electron chi connectivity index (χ3n) is 4.01. The molecule has 3 rings (SSSR count). The molecule has 2 amide bonds. The molecular formula is C17H14N2O4. The molecule has 0 atom stereocenters. The second-order valence-electron chi connectivity index (χ2n) is 5.58. The Hall–Kier alpha value is -3.02. The Morgan fingerprint density at radius 2 is 1.83 bits per heavy atom. The zero-order chi connectivity index (χ0) is 16.7. The number of nitro benzene ring substituents is 1. The van der Waals surface area contributed by atoms with Gasteiger partial charge in [-0.05, 0) is 31.0 Å². The molecule has 0 N–H and O–H groups in total. The maximum absolute atomic E-state index is 12.5. The minimum absolute atomic E-state index is 0.0921. The summed E-state index contributed by atoms with van der Waals surface area (Å²) in [4.78, 5) is 36.5. The highest BCUT2D eigenvalue weighted by Crippen LogP contribution is 2.32. The summed E-state index contributed by atoms with van der Waals surface area (Å²) in [5.41, 5.74) is 2.48. The zero-order valence-electron chi connectivity index (χ0n) is 12.7. The van der Waals surface area contributed by atoms with E-state index in [2.05, 4.69) is 0 Å². The number of nitro groups is 1. The van der Waals surface area contributed by atoms with Gasteiger partial charge in [-0.25, -0.2) is 0 Å². The van der Waals surface area contributed by atoms with Crippen LogP contribution in [0.15, 0.2) is 36.4 Å². The van der Waals surface area contributed by atoms with Gasteiger partial charge in [0.1, 0.15) is 5.56 Å². The molecule has 0 unspecified atom stereocenters. The van der Waals surface area contributed by atoms with Gasteiger partial charge in [-0.2, -0.15) is 0 Å². The first kappa shape index (κ1) is 14.9. The van der Waals surface area contributed by atoms with E-state index in [1.54, 1.807) is 0 Å². The highest BCUT2D eigenvalue weighted by molar-refractivity contribution is 6.23. The Kier molecular flexibility index (Phi) is 3.44. The van der Waals surface area contributed by atoms with Crippen LogP contribution in [0.2, 0.25) is 0 Å². The van der Waals surface area contributed by atoms with Crippen molar-refractivity contribution < 1.29 is 14.5 Å². The molecule has 0 radical (unpaired) electrons. The van der Waals surface area contributed by atoms with E-state index in [4.69, 9.17) is 0 Å². The predicted octanol–water partition coefficient (Wildman–Crippen LogP) is 3.01. The molecule has 1 aliphatic rings. The monoisotopic (exact) mass is 310 g/mol. The number of amides is 2. The summed E-state index contributed by atoms with van der Waals surface area (Å²) in [6.07, 6.45) is 0. The number of carbonyl (C=O) groups excluding carboxylic acids is 2. The van der Waals surface area contributed by atoms with Crippen LogP contribution < -0.4 is 0 Å². The first-order chi connectivity index (χ1) is 10.9. The van der Waals surface area contributed by atoms with Crippen molar-refractivity contribution in [2.75, 3.05) is 0 Å². The fourth-order valence-corrected chi connectivity index (χ4v) is 2.75. The molecule has 0 spiro atoms. The fraction of sp³-hybridized carbons (Fsp3) is 0.176. The van der Waals surface area contributed by atoms with Crippen LogP contribution >= 0.6 is 0 Å². The van der Waals surface area contributed by atoms with E-state index in [1.165, 1.54) is 18.2 Å². The SMILES string of the molecule is Cc1ccc(C)c(CN2C(=O)c3cccc([N+](=O)[O-])c3C2=O)c1. The first-order valence-corrected chi connectivity index (χ1v) is 7.10. The molecule has 1 aliphatic heterocycles. The van der Waals surface area contributed by atoms with Gasteiger partial charge in [0.25, 0.3) is 17.5 Å². The average Bonchev–Trinajstić information content (AvgIpc) is 2.76. The number of hydrogen-bond donors (Lipinski definition) is 0. The number of imide groups is 1. The molecule has 0 saturated carbocycles. The van der Waals surface area contributed by atoms with Crippen LogP contribution in [0.3, 0.4) is 0 Å². The van der Waals surface area contributed by atoms with Crippen LogP contribution in [-0.4, -0.2) is 21.6 Å². The third kappa shape index (κ3) is 2.38. The molecule has 0 saturated heterocycles. The number of benzene rings is 2. The molecule has 0 bridgehead atoms. The maximum Gasteiger partial charge on any atom is 0.282 e. The van der Waals surface area contributed by atoms with Gasteiger partial charge < -0.3 is 0 Å². The minimum Gasteiger partial charge on any atom is -0.270 e. The number of hydrogen-bond acceptors (Lipinski definition) is 4. The van der Waals surface area contributed by atoms with Gasteiger partial charge in [0.05, 0.1) is 17.0 Å². The Labute approximate surface area is 132 Å². The van der Waals surface area contributed by atoms with Gasteiger partial charge in [0.15, 0.2) is 0 Å².